The molecule has 1 aliphatic heterocycles. The molecule has 12 heteroatoms. The molecule has 1 heterocycles. The zero-order valence-electron chi connectivity index (χ0n) is 12.8. The summed E-state index contributed by atoms with van der Waals surface area (Å²) in [6.07, 6.45) is -5.33. The minimum atomic E-state index is -5.33. The van der Waals surface area contributed by atoms with Gasteiger partial charge in [-0.15, -0.1) is 4.40 Å². The summed E-state index contributed by atoms with van der Waals surface area (Å²) in [4.78, 5) is 11.0. The molecule has 0 saturated heterocycles. The third-order valence-corrected chi connectivity index (χ3v) is 4.47. The largest absolute Gasteiger partial charge is 0.505 e. The Morgan fingerprint density at radius 3 is 2.36 bits per heavy atom. The second-order valence-corrected chi connectivity index (χ2v) is 6.66. The highest BCUT2D eigenvalue weighted by Crippen LogP contribution is 2.39. The molecule has 25 heavy (non-hydrogen) atoms. The number of rotatable bonds is 3. The first kappa shape index (κ1) is 18.6. The number of nitrogens with one attached hydrogen (secondary N) is 1. The topological polar surface area (TPSA) is 119 Å². The van der Waals surface area contributed by atoms with Gasteiger partial charge in [0.15, 0.2) is 10.7 Å². The van der Waals surface area contributed by atoms with Crippen LogP contribution < -0.4 is 5.32 Å². The highest BCUT2D eigenvalue weighted by molar-refractivity contribution is 7.94. The van der Waals surface area contributed by atoms with E-state index in [1.54, 1.807) is 0 Å². The normalized spacial score (nSPS) is 16.6. The third kappa shape index (κ3) is 3.38. The van der Waals surface area contributed by atoms with Crippen LogP contribution >= 0.6 is 0 Å². The van der Waals surface area contributed by atoms with Crippen LogP contribution in [0.2, 0.25) is 0 Å². The van der Waals surface area contributed by atoms with E-state index in [4.69, 9.17) is 0 Å². The number of aliphatic hydroxyl groups is 1. The molecule has 1 aromatic carbocycles. The number of aromatic hydroxyl groups is 1. The van der Waals surface area contributed by atoms with E-state index >= 15 is 0 Å². The molecule has 0 saturated carbocycles. The number of aliphatic hydroxyl groups excluding tert-OH is 1. The van der Waals surface area contributed by atoms with Crippen molar-refractivity contribution in [2.45, 2.75) is 6.18 Å². The lowest BCUT2D eigenvalue weighted by molar-refractivity contribution is -0.0847. The van der Waals surface area contributed by atoms with Crippen molar-refractivity contribution in [3.63, 3.8) is 0 Å². The van der Waals surface area contributed by atoms with Gasteiger partial charge in [-0.3, -0.25) is 4.79 Å². The van der Waals surface area contributed by atoms with E-state index in [9.17, 15) is 36.6 Å². The van der Waals surface area contributed by atoms with Crippen LogP contribution in [0.4, 0.5) is 18.9 Å². The minimum absolute atomic E-state index is 0.235. The molecule has 0 fully saturated rings. The maximum atomic E-state index is 13.0. The molecule has 3 N–H and O–H groups in total. The van der Waals surface area contributed by atoms with Crippen molar-refractivity contribution in [2.75, 3.05) is 19.4 Å². The molecule has 0 spiro atoms. The number of hydrogen-bond acceptors (Lipinski definition) is 5. The van der Waals surface area contributed by atoms with Crippen LogP contribution in [0.15, 0.2) is 33.2 Å². The second-order valence-electron chi connectivity index (χ2n) is 5.12. The lowest BCUT2D eigenvalue weighted by atomic mass is 10.1. The van der Waals surface area contributed by atoms with Gasteiger partial charge in [-0.2, -0.15) is 21.6 Å². The zero-order valence-corrected chi connectivity index (χ0v) is 13.6. The standard InChI is InChI=1S/C13H12F3N3O5S/c1-19(2)12(22)6-4-3-5-7(9(6)20)17-8-10(13(14,15)16)25(23,24)18-11(8)21/h3-5,17,20H,1-2H3,(H,18,21). The van der Waals surface area contributed by atoms with Crippen molar-refractivity contribution in [3.8, 4) is 5.75 Å². The summed E-state index contributed by atoms with van der Waals surface area (Å²) in [5, 5.41) is 21.5. The summed E-state index contributed by atoms with van der Waals surface area (Å²) in [7, 11) is -2.35. The molecule has 0 aliphatic carbocycles. The first-order valence-electron chi connectivity index (χ1n) is 6.52. The van der Waals surface area contributed by atoms with E-state index < -0.39 is 50.0 Å². The first-order valence-corrected chi connectivity index (χ1v) is 7.96. The predicted molar refractivity (Wildman–Crippen MR) is 81.8 cm³/mol. The van der Waals surface area contributed by atoms with E-state index in [1.807, 2.05) is 5.32 Å². The van der Waals surface area contributed by atoms with E-state index in [-0.39, 0.29) is 5.56 Å². The van der Waals surface area contributed by atoms with E-state index in [0.29, 0.717) is 0 Å². The number of halogens is 3. The van der Waals surface area contributed by atoms with Gasteiger partial charge >= 0.3 is 6.18 Å². The predicted octanol–water partition coefficient (Wildman–Crippen LogP) is 1.58. The number of nitrogens with zero attached hydrogens (tertiary/aromatic N) is 2. The van der Waals surface area contributed by atoms with Gasteiger partial charge in [0.1, 0.15) is 5.70 Å². The van der Waals surface area contributed by atoms with Crippen molar-refractivity contribution in [3.05, 3.63) is 34.4 Å². The summed E-state index contributed by atoms with van der Waals surface area (Å²) in [6, 6.07) is 3.58. The van der Waals surface area contributed by atoms with Crippen LogP contribution in [-0.4, -0.2) is 55.6 Å². The number of phenolic OH excluding ortho intramolecular Hbond substituents is 1. The van der Waals surface area contributed by atoms with Gasteiger partial charge in [-0.05, 0) is 12.1 Å². The smallest absolute Gasteiger partial charge is 0.431 e. The van der Waals surface area contributed by atoms with Crippen LogP contribution in [0.5, 0.6) is 5.75 Å². The number of sulfonamides is 1. The number of carbonyl (C=O) groups excluding carboxylic acids is 1. The maximum Gasteiger partial charge on any atom is 0.431 e. The Hall–Kier alpha value is -2.76. The Labute approximate surface area is 140 Å². The summed E-state index contributed by atoms with van der Waals surface area (Å²) < 4.78 is 64.6. The van der Waals surface area contributed by atoms with Crippen molar-refractivity contribution in [1.82, 2.24) is 4.90 Å². The second kappa shape index (κ2) is 5.95. The van der Waals surface area contributed by atoms with Gasteiger partial charge in [-0.1, -0.05) is 6.07 Å². The molecule has 136 valence electrons. The Morgan fingerprint density at radius 1 is 1.24 bits per heavy atom. The fraction of sp³-hybridized carbons (Fsp3) is 0.231. The number of alkyl halides is 3. The number of hydrogen-bond donors (Lipinski definition) is 3. The van der Waals surface area contributed by atoms with Gasteiger partial charge in [0.25, 0.3) is 15.9 Å². The molecule has 1 aliphatic rings. The average Bonchev–Trinajstić information content (AvgIpc) is 2.68. The Bertz CT molecular complexity index is 904. The van der Waals surface area contributed by atoms with Gasteiger partial charge in [0, 0.05) is 14.1 Å². The van der Waals surface area contributed by atoms with Crippen molar-refractivity contribution < 1.29 is 36.6 Å². The molecule has 0 unspecified atom stereocenters. The third-order valence-electron chi connectivity index (χ3n) is 3.11. The Morgan fingerprint density at radius 2 is 1.84 bits per heavy atom. The molecule has 0 radical (unpaired) electrons. The fourth-order valence-corrected chi connectivity index (χ4v) is 3.13. The summed E-state index contributed by atoms with van der Waals surface area (Å²) >= 11 is 0. The highest BCUT2D eigenvalue weighted by atomic mass is 32.2. The molecule has 1 aromatic rings. The van der Waals surface area contributed by atoms with Gasteiger partial charge in [0.2, 0.25) is 5.90 Å². The number of para-hydroxylation sites is 1. The molecule has 0 aromatic heterocycles. The summed E-state index contributed by atoms with van der Waals surface area (Å²) in [5.74, 6) is -2.76. The lowest BCUT2D eigenvalue weighted by Gasteiger charge is -2.16. The molecule has 1 amide bonds. The molecule has 2 rings (SSSR count). The molecule has 0 atom stereocenters. The maximum absolute atomic E-state index is 13.0. The molecule has 0 bridgehead atoms. The van der Waals surface area contributed by atoms with Crippen LogP contribution in [-0.2, 0) is 10.0 Å². The minimum Gasteiger partial charge on any atom is -0.505 e. The molecule has 8 nitrogen and oxygen atoms in total. The monoisotopic (exact) mass is 379 g/mol. The number of amides is 1. The van der Waals surface area contributed by atoms with Crippen molar-refractivity contribution in [1.29, 1.82) is 0 Å². The highest BCUT2D eigenvalue weighted by Gasteiger charge is 2.50. The molecular weight excluding hydrogens is 367 g/mol. The van der Waals surface area contributed by atoms with Crippen LogP contribution in [0.25, 0.3) is 0 Å². The van der Waals surface area contributed by atoms with Crippen LogP contribution in [0, 0.1) is 0 Å². The number of benzene rings is 1. The summed E-state index contributed by atoms with van der Waals surface area (Å²) in [5.41, 5.74) is -1.89. The van der Waals surface area contributed by atoms with Gasteiger partial charge < -0.3 is 20.4 Å². The Balaban J connectivity index is 2.58. The fourth-order valence-electron chi connectivity index (χ4n) is 2.03. The summed E-state index contributed by atoms with van der Waals surface area (Å²) in [6.45, 7) is 0. The first-order chi connectivity index (χ1) is 11.4. The van der Waals surface area contributed by atoms with Gasteiger partial charge in [-0.25, -0.2) is 0 Å². The number of carbonyl (C=O) groups is 1. The van der Waals surface area contributed by atoms with E-state index in [0.717, 1.165) is 11.0 Å². The zero-order chi connectivity index (χ0) is 19.2. The van der Waals surface area contributed by atoms with Crippen LogP contribution in [0.1, 0.15) is 10.4 Å². The number of allylic oxidation sites excluding steroid dienone is 1. The Kier molecular flexibility index (Phi) is 4.42. The van der Waals surface area contributed by atoms with Crippen molar-refractivity contribution in [2.24, 2.45) is 4.40 Å². The van der Waals surface area contributed by atoms with Gasteiger partial charge in [0.05, 0.1) is 11.3 Å². The number of phenols is 1. The molecular formula is C13H12F3N3O5S. The quantitative estimate of drug-likeness (QED) is 0.686. The lowest BCUT2D eigenvalue weighted by Crippen LogP contribution is -2.23. The van der Waals surface area contributed by atoms with Crippen molar-refractivity contribution >= 4 is 27.5 Å². The average molecular weight is 379 g/mol. The van der Waals surface area contributed by atoms with E-state index in [2.05, 4.69) is 4.40 Å². The SMILES string of the molecule is CN(C)C(=O)c1cccc(NC2=C(C(F)(F)F)S(=O)(=O)N=C2O)c1O. The van der Waals surface area contributed by atoms with E-state index in [1.165, 1.54) is 26.2 Å². The number of anilines is 1. The van der Waals surface area contributed by atoms with Crippen LogP contribution in [0.3, 0.4) is 0 Å².